The standard InChI is InChI=1S/C11H18N4S.HI/c1-7-10(16-8(2)14-7)6-13-11(12)15(3)9-4-5-9;/h9H,4-6H2,1-3H3,(H2,12,13);1H. The van der Waals surface area contributed by atoms with Crippen LogP contribution in [0.1, 0.15) is 28.4 Å². The molecule has 0 spiro atoms. The number of guanidine groups is 1. The molecule has 4 nitrogen and oxygen atoms in total. The molecule has 6 heteroatoms. The highest BCUT2D eigenvalue weighted by Crippen LogP contribution is 2.25. The highest BCUT2D eigenvalue weighted by molar-refractivity contribution is 14.0. The van der Waals surface area contributed by atoms with Crippen molar-refractivity contribution in [3.05, 3.63) is 15.6 Å². The topological polar surface area (TPSA) is 54.5 Å². The second-order valence-corrected chi connectivity index (χ2v) is 5.55. The third-order valence-electron chi connectivity index (χ3n) is 2.84. The van der Waals surface area contributed by atoms with Crippen LogP contribution in [0.5, 0.6) is 0 Å². The Balaban J connectivity index is 0.00000144. The molecule has 1 saturated carbocycles. The number of hydrogen-bond donors (Lipinski definition) is 1. The van der Waals surface area contributed by atoms with Crippen molar-refractivity contribution >= 4 is 41.3 Å². The molecule has 0 amide bonds. The van der Waals surface area contributed by atoms with Crippen molar-refractivity contribution in [1.29, 1.82) is 0 Å². The van der Waals surface area contributed by atoms with E-state index in [0.717, 1.165) is 10.7 Å². The van der Waals surface area contributed by atoms with Crippen LogP contribution in [0, 0.1) is 13.8 Å². The second-order valence-electron chi connectivity index (χ2n) is 4.26. The van der Waals surface area contributed by atoms with E-state index in [1.54, 1.807) is 11.3 Å². The quantitative estimate of drug-likeness (QED) is 0.507. The number of halogens is 1. The molecular weight excluding hydrogens is 347 g/mol. The van der Waals surface area contributed by atoms with Crippen LogP contribution < -0.4 is 5.73 Å². The van der Waals surface area contributed by atoms with Gasteiger partial charge in [-0.3, -0.25) is 0 Å². The Morgan fingerprint density at radius 2 is 2.18 bits per heavy atom. The van der Waals surface area contributed by atoms with Crippen molar-refractivity contribution in [2.45, 2.75) is 39.3 Å². The average molecular weight is 366 g/mol. The van der Waals surface area contributed by atoms with Gasteiger partial charge in [0, 0.05) is 18.0 Å². The van der Waals surface area contributed by atoms with Crippen LogP contribution in [0.3, 0.4) is 0 Å². The molecule has 0 bridgehead atoms. The first kappa shape index (κ1) is 14.7. The van der Waals surface area contributed by atoms with Crippen LogP contribution in [-0.2, 0) is 6.54 Å². The first-order chi connectivity index (χ1) is 7.58. The van der Waals surface area contributed by atoms with Gasteiger partial charge in [-0.2, -0.15) is 0 Å². The van der Waals surface area contributed by atoms with E-state index < -0.39 is 0 Å². The predicted molar refractivity (Wildman–Crippen MR) is 83.1 cm³/mol. The summed E-state index contributed by atoms with van der Waals surface area (Å²) in [5.41, 5.74) is 7.00. The molecular formula is C11H19IN4S. The number of aryl methyl sites for hydroxylation is 2. The van der Waals surface area contributed by atoms with Crippen LogP contribution in [-0.4, -0.2) is 28.9 Å². The lowest BCUT2D eigenvalue weighted by atomic mass is 10.4. The second kappa shape index (κ2) is 5.99. The van der Waals surface area contributed by atoms with Crippen molar-refractivity contribution < 1.29 is 0 Å². The molecule has 2 rings (SSSR count). The van der Waals surface area contributed by atoms with Gasteiger partial charge in [-0.05, 0) is 26.7 Å². The van der Waals surface area contributed by atoms with Crippen LogP contribution in [0.4, 0.5) is 0 Å². The van der Waals surface area contributed by atoms with E-state index in [0.29, 0.717) is 18.5 Å². The summed E-state index contributed by atoms with van der Waals surface area (Å²) >= 11 is 1.70. The molecule has 96 valence electrons. The molecule has 1 fully saturated rings. The zero-order valence-electron chi connectivity index (χ0n) is 10.4. The number of aromatic nitrogens is 1. The van der Waals surface area contributed by atoms with Crippen LogP contribution in [0.25, 0.3) is 0 Å². The number of thiazole rings is 1. The average Bonchev–Trinajstić information content (AvgIpc) is 3.01. The molecule has 0 aromatic carbocycles. The third kappa shape index (κ3) is 3.80. The maximum atomic E-state index is 5.92. The number of nitrogens with zero attached hydrogens (tertiary/aromatic N) is 3. The monoisotopic (exact) mass is 366 g/mol. The minimum Gasteiger partial charge on any atom is -0.370 e. The van der Waals surface area contributed by atoms with Gasteiger partial charge < -0.3 is 10.6 Å². The molecule has 1 heterocycles. The molecule has 0 aliphatic heterocycles. The Kier molecular flexibility index (Phi) is 5.18. The van der Waals surface area contributed by atoms with Gasteiger partial charge in [0.2, 0.25) is 0 Å². The Labute approximate surface area is 123 Å². The number of hydrogen-bond acceptors (Lipinski definition) is 3. The summed E-state index contributed by atoms with van der Waals surface area (Å²) in [7, 11) is 2.02. The summed E-state index contributed by atoms with van der Waals surface area (Å²) in [6.45, 7) is 4.69. The predicted octanol–water partition coefficient (Wildman–Crippen LogP) is 2.29. The van der Waals surface area contributed by atoms with E-state index in [4.69, 9.17) is 5.73 Å². The van der Waals surface area contributed by atoms with Gasteiger partial charge in [-0.1, -0.05) is 0 Å². The Bertz CT molecular complexity index is 412. The zero-order valence-corrected chi connectivity index (χ0v) is 13.6. The molecule has 0 saturated heterocycles. The lowest BCUT2D eigenvalue weighted by molar-refractivity contribution is 0.487. The largest absolute Gasteiger partial charge is 0.370 e. The minimum atomic E-state index is 0. The molecule has 0 unspecified atom stereocenters. The lowest BCUT2D eigenvalue weighted by Gasteiger charge is -2.16. The van der Waals surface area contributed by atoms with Crippen molar-refractivity contribution in [2.24, 2.45) is 10.7 Å². The van der Waals surface area contributed by atoms with Crippen molar-refractivity contribution in [1.82, 2.24) is 9.88 Å². The van der Waals surface area contributed by atoms with Gasteiger partial charge in [-0.25, -0.2) is 9.98 Å². The molecule has 1 aliphatic rings. The van der Waals surface area contributed by atoms with Gasteiger partial charge >= 0.3 is 0 Å². The van der Waals surface area contributed by atoms with Gasteiger partial charge in [0.15, 0.2) is 5.96 Å². The first-order valence-electron chi connectivity index (χ1n) is 5.53. The summed E-state index contributed by atoms with van der Waals surface area (Å²) in [5.74, 6) is 0.646. The molecule has 0 atom stereocenters. The van der Waals surface area contributed by atoms with Crippen molar-refractivity contribution in [3.8, 4) is 0 Å². The Morgan fingerprint density at radius 1 is 1.53 bits per heavy atom. The number of nitrogens with two attached hydrogens (primary N) is 1. The van der Waals surface area contributed by atoms with Crippen LogP contribution >= 0.6 is 35.3 Å². The Morgan fingerprint density at radius 3 is 2.65 bits per heavy atom. The Hall–Kier alpha value is -0.370. The fourth-order valence-corrected chi connectivity index (χ4v) is 2.50. The third-order valence-corrected chi connectivity index (χ3v) is 3.90. The van der Waals surface area contributed by atoms with E-state index >= 15 is 0 Å². The van der Waals surface area contributed by atoms with Crippen molar-refractivity contribution in [3.63, 3.8) is 0 Å². The highest BCUT2D eigenvalue weighted by atomic mass is 127. The van der Waals surface area contributed by atoms with E-state index in [-0.39, 0.29) is 24.0 Å². The lowest BCUT2D eigenvalue weighted by Crippen LogP contribution is -2.35. The van der Waals surface area contributed by atoms with Crippen LogP contribution in [0.2, 0.25) is 0 Å². The van der Waals surface area contributed by atoms with E-state index in [1.807, 2.05) is 20.9 Å². The van der Waals surface area contributed by atoms with Gasteiger partial charge in [0.05, 0.1) is 17.2 Å². The molecule has 0 radical (unpaired) electrons. The summed E-state index contributed by atoms with van der Waals surface area (Å²) in [6.07, 6.45) is 2.48. The molecule has 1 aromatic rings. The van der Waals surface area contributed by atoms with E-state index in [1.165, 1.54) is 17.7 Å². The smallest absolute Gasteiger partial charge is 0.191 e. The molecule has 17 heavy (non-hydrogen) atoms. The normalized spacial score (nSPS) is 15.6. The van der Waals surface area contributed by atoms with Gasteiger partial charge in [-0.15, -0.1) is 35.3 Å². The maximum Gasteiger partial charge on any atom is 0.191 e. The minimum absolute atomic E-state index is 0. The number of rotatable bonds is 3. The molecule has 1 aliphatic carbocycles. The maximum absolute atomic E-state index is 5.92. The summed E-state index contributed by atoms with van der Waals surface area (Å²) < 4.78 is 0. The summed E-state index contributed by atoms with van der Waals surface area (Å²) in [4.78, 5) is 12.1. The van der Waals surface area contributed by atoms with E-state index in [2.05, 4.69) is 14.9 Å². The summed E-state index contributed by atoms with van der Waals surface area (Å²) in [6, 6.07) is 0.619. The van der Waals surface area contributed by atoms with Crippen molar-refractivity contribution in [2.75, 3.05) is 7.05 Å². The first-order valence-corrected chi connectivity index (χ1v) is 6.35. The van der Waals surface area contributed by atoms with Gasteiger partial charge in [0.25, 0.3) is 0 Å². The zero-order chi connectivity index (χ0) is 11.7. The molecule has 1 aromatic heterocycles. The SMILES string of the molecule is Cc1nc(C)c(CN=C(N)N(C)C2CC2)s1.I. The van der Waals surface area contributed by atoms with Gasteiger partial charge in [0.1, 0.15) is 0 Å². The molecule has 2 N–H and O–H groups in total. The summed E-state index contributed by atoms with van der Waals surface area (Å²) in [5, 5.41) is 1.09. The van der Waals surface area contributed by atoms with Crippen LogP contribution in [0.15, 0.2) is 4.99 Å². The fraction of sp³-hybridized carbons (Fsp3) is 0.636. The fourth-order valence-electron chi connectivity index (χ4n) is 1.63. The highest BCUT2D eigenvalue weighted by Gasteiger charge is 2.27. The van der Waals surface area contributed by atoms with E-state index in [9.17, 15) is 0 Å². The number of aliphatic imine (C=N–C) groups is 1.